The van der Waals surface area contributed by atoms with E-state index in [2.05, 4.69) is 16.8 Å². The van der Waals surface area contributed by atoms with Gasteiger partial charge in [-0.05, 0) is 49.8 Å². The van der Waals surface area contributed by atoms with Gasteiger partial charge in [0.2, 0.25) is 0 Å². The standard InChI is InChI=1S/C21H22N2O2/c24-21-22-13-19(14-23(21)15-20-3-1-2-12-25-20)18-10-8-17(9-11-18)7-6-16-4-5-16/h8-11,13-14,16,20H,1-5,12,15H2/t20-/m1/s1. The van der Waals surface area contributed by atoms with Gasteiger partial charge in [0.1, 0.15) is 0 Å². The molecule has 1 aliphatic carbocycles. The predicted octanol–water partition coefficient (Wildman–Crippen LogP) is 3.24. The number of rotatable bonds is 3. The second-order valence-electron chi connectivity index (χ2n) is 6.89. The Bertz CT molecular complexity index is 848. The van der Waals surface area contributed by atoms with Gasteiger partial charge < -0.3 is 4.74 Å². The maximum Gasteiger partial charge on any atom is 0.347 e. The number of aromatic nitrogens is 2. The summed E-state index contributed by atoms with van der Waals surface area (Å²) in [5.74, 6) is 7.10. The van der Waals surface area contributed by atoms with Gasteiger partial charge in [-0.15, -0.1) is 0 Å². The summed E-state index contributed by atoms with van der Waals surface area (Å²) in [7, 11) is 0. The minimum atomic E-state index is -0.218. The molecule has 0 amide bonds. The molecule has 2 aliphatic rings. The highest BCUT2D eigenvalue weighted by Crippen LogP contribution is 2.27. The molecule has 128 valence electrons. The quantitative estimate of drug-likeness (QED) is 0.810. The summed E-state index contributed by atoms with van der Waals surface area (Å²) in [6.07, 6.45) is 9.40. The van der Waals surface area contributed by atoms with Gasteiger partial charge in [0, 0.05) is 36.0 Å². The van der Waals surface area contributed by atoms with E-state index in [0.29, 0.717) is 12.5 Å². The first kappa shape index (κ1) is 16.1. The van der Waals surface area contributed by atoms with E-state index in [1.54, 1.807) is 10.8 Å². The van der Waals surface area contributed by atoms with Crippen LogP contribution in [0.2, 0.25) is 0 Å². The zero-order valence-corrected chi connectivity index (χ0v) is 14.3. The molecule has 1 aromatic carbocycles. The van der Waals surface area contributed by atoms with Crippen molar-refractivity contribution in [3.8, 4) is 23.0 Å². The normalized spacial score (nSPS) is 19.9. The average Bonchev–Trinajstić information content (AvgIpc) is 3.48. The second-order valence-corrected chi connectivity index (χ2v) is 6.89. The fourth-order valence-electron chi connectivity index (χ4n) is 3.07. The Labute approximate surface area is 147 Å². The number of nitrogens with zero attached hydrogens (tertiary/aromatic N) is 2. The van der Waals surface area contributed by atoms with Crippen LogP contribution in [0.5, 0.6) is 0 Å². The largest absolute Gasteiger partial charge is 0.376 e. The highest BCUT2D eigenvalue weighted by Gasteiger charge is 2.18. The fraction of sp³-hybridized carbons (Fsp3) is 0.429. The molecule has 1 aliphatic heterocycles. The zero-order valence-electron chi connectivity index (χ0n) is 14.3. The molecule has 0 spiro atoms. The van der Waals surface area contributed by atoms with Crippen LogP contribution in [0.4, 0.5) is 0 Å². The van der Waals surface area contributed by atoms with Crippen LogP contribution in [-0.4, -0.2) is 22.3 Å². The third-order valence-electron chi connectivity index (χ3n) is 4.75. The zero-order chi connectivity index (χ0) is 17.1. The molecule has 2 aromatic rings. The van der Waals surface area contributed by atoms with Gasteiger partial charge in [-0.3, -0.25) is 4.57 Å². The van der Waals surface area contributed by atoms with E-state index in [4.69, 9.17) is 4.74 Å². The Morgan fingerprint density at radius 2 is 1.96 bits per heavy atom. The summed E-state index contributed by atoms with van der Waals surface area (Å²) in [6, 6.07) is 8.15. The van der Waals surface area contributed by atoms with E-state index in [1.807, 2.05) is 30.5 Å². The van der Waals surface area contributed by atoms with Gasteiger partial charge in [-0.1, -0.05) is 24.0 Å². The van der Waals surface area contributed by atoms with E-state index in [1.165, 1.54) is 12.8 Å². The van der Waals surface area contributed by atoms with Crippen LogP contribution >= 0.6 is 0 Å². The van der Waals surface area contributed by atoms with Crippen LogP contribution in [0, 0.1) is 17.8 Å². The van der Waals surface area contributed by atoms with Crippen LogP contribution in [0.25, 0.3) is 11.1 Å². The lowest BCUT2D eigenvalue weighted by Gasteiger charge is -2.23. The molecule has 0 radical (unpaired) electrons. The summed E-state index contributed by atoms with van der Waals surface area (Å²) in [4.78, 5) is 16.1. The lowest BCUT2D eigenvalue weighted by Crippen LogP contribution is -2.31. The molecule has 4 heteroatoms. The van der Waals surface area contributed by atoms with Gasteiger partial charge in [-0.25, -0.2) is 9.78 Å². The van der Waals surface area contributed by atoms with Crippen molar-refractivity contribution in [1.29, 1.82) is 0 Å². The highest BCUT2D eigenvalue weighted by molar-refractivity contribution is 5.62. The van der Waals surface area contributed by atoms with Crippen LogP contribution < -0.4 is 5.69 Å². The Kier molecular flexibility index (Phi) is 4.67. The van der Waals surface area contributed by atoms with Crippen molar-refractivity contribution in [2.24, 2.45) is 5.92 Å². The first-order valence-electron chi connectivity index (χ1n) is 9.08. The molecule has 2 fully saturated rings. The van der Waals surface area contributed by atoms with Gasteiger partial charge in [-0.2, -0.15) is 0 Å². The SMILES string of the molecule is O=c1ncc(-c2ccc(C#CC3CC3)cc2)cn1C[C@H]1CCCCO1. The molecular formula is C21H22N2O2. The van der Waals surface area contributed by atoms with Crippen molar-refractivity contribution in [2.45, 2.75) is 44.8 Å². The molecule has 1 saturated heterocycles. The van der Waals surface area contributed by atoms with Crippen LogP contribution in [-0.2, 0) is 11.3 Å². The number of ether oxygens (including phenoxy) is 1. The van der Waals surface area contributed by atoms with Gasteiger partial charge in [0.05, 0.1) is 12.6 Å². The third-order valence-corrected chi connectivity index (χ3v) is 4.75. The first-order valence-corrected chi connectivity index (χ1v) is 9.08. The Morgan fingerprint density at radius 3 is 2.68 bits per heavy atom. The molecule has 0 N–H and O–H groups in total. The summed E-state index contributed by atoms with van der Waals surface area (Å²) < 4.78 is 7.42. The summed E-state index contributed by atoms with van der Waals surface area (Å²) in [5, 5.41) is 0. The number of benzene rings is 1. The van der Waals surface area contributed by atoms with Crippen LogP contribution in [0.1, 0.15) is 37.7 Å². The molecule has 2 heterocycles. The molecule has 4 rings (SSSR count). The van der Waals surface area contributed by atoms with Crippen LogP contribution in [0.3, 0.4) is 0 Å². The van der Waals surface area contributed by atoms with Crippen molar-refractivity contribution in [3.63, 3.8) is 0 Å². The topological polar surface area (TPSA) is 44.1 Å². The minimum Gasteiger partial charge on any atom is -0.376 e. The van der Waals surface area contributed by atoms with Gasteiger partial charge in [0.15, 0.2) is 0 Å². The Hall–Kier alpha value is -2.38. The van der Waals surface area contributed by atoms with E-state index in [0.717, 1.165) is 42.6 Å². The second kappa shape index (κ2) is 7.25. The van der Waals surface area contributed by atoms with E-state index < -0.39 is 0 Å². The van der Waals surface area contributed by atoms with E-state index in [-0.39, 0.29) is 11.8 Å². The summed E-state index contributed by atoms with van der Waals surface area (Å²) >= 11 is 0. The molecule has 1 saturated carbocycles. The predicted molar refractivity (Wildman–Crippen MR) is 97.1 cm³/mol. The summed E-state index contributed by atoms with van der Waals surface area (Å²) in [5.41, 5.74) is 2.80. The number of hydrogen-bond donors (Lipinski definition) is 0. The van der Waals surface area contributed by atoms with Gasteiger partial charge >= 0.3 is 5.69 Å². The Balaban J connectivity index is 1.52. The third kappa shape index (κ3) is 4.18. The molecule has 4 nitrogen and oxygen atoms in total. The van der Waals surface area contributed by atoms with Crippen molar-refractivity contribution in [3.05, 3.63) is 52.7 Å². The maximum absolute atomic E-state index is 12.1. The molecule has 0 bridgehead atoms. The van der Waals surface area contributed by atoms with Crippen molar-refractivity contribution in [2.75, 3.05) is 6.61 Å². The molecule has 25 heavy (non-hydrogen) atoms. The molecule has 1 aromatic heterocycles. The molecule has 1 atom stereocenters. The van der Waals surface area contributed by atoms with Crippen molar-refractivity contribution < 1.29 is 4.74 Å². The van der Waals surface area contributed by atoms with Crippen LogP contribution in [0.15, 0.2) is 41.5 Å². The van der Waals surface area contributed by atoms with Crippen molar-refractivity contribution in [1.82, 2.24) is 9.55 Å². The molecule has 0 unspecified atom stereocenters. The molecular weight excluding hydrogens is 312 g/mol. The lowest BCUT2D eigenvalue weighted by molar-refractivity contribution is 0.00524. The maximum atomic E-state index is 12.1. The average molecular weight is 334 g/mol. The Morgan fingerprint density at radius 1 is 1.12 bits per heavy atom. The van der Waals surface area contributed by atoms with Gasteiger partial charge in [0.25, 0.3) is 0 Å². The monoisotopic (exact) mass is 334 g/mol. The highest BCUT2D eigenvalue weighted by atomic mass is 16.5. The summed E-state index contributed by atoms with van der Waals surface area (Å²) in [6.45, 7) is 1.36. The van der Waals surface area contributed by atoms with E-state index in [9.17, 15) is 4.79 Å². The van der Waals surface area contributed by atoms with Crippen molar-refractivity contribution >= 4 is 0 Å². The fourth-order valence-corrected chi connectivity index (χ4v) is 3.07. The first-order chi connectivity index (χ1) is 12.3. The lowest BCUT2D eigenvalue weighted by atomic mass is 10.1. The smallest absolute Gasteiger partial charge is 0.347 e. The minimum absolute atomic E-state index is 0.114. The van der Waals surface area contributed by atoms with E-state index >= 15 is 0 Å². The number of hydrogen-bond acceptors (Lipinski definition) is 3.